The summed E-state index contributed by atoms with van der Waals surface area (Å²) in [6, 6.07) is -0.927. The van der Waals surface area contributed by atoms with E-state index >= 15 is 0 Å². The molecule has 1 aromatic rings. The molecule has 2 rings (SSSR count). The third kappa shape index (κ3) is 4.31. The molecule has 1 fully saturated rings. The van der Waals surface area contributed by atoms with Gasteiger partial charge in [-0.1, -0.05) is 13.8 Å². The second kappa shape index (κ2) is 8.33. The van der Waals surface area contributed by atoms with E-state index < -0.39 is 18.2 Å². The van der Waals surface area contributed by atoms with Crippen LogP contribution in [0.15, 0.2) is 6.20 Å². The summed E-state index contributed by atoms with van der Waals surface area (Å²) in [5, 5.41) is 2.58. The molecule has 1 aliphatic heterocycles. The van der Waals surface area contributed by atoms with Crippen molar-refractivity contribution in [2.75, 3.05) is 20.8 Å². The first kappa shape index (κ1) is 19.2. The van der Waals surface area contributed by atoms with Crippen molar-refractivity contribution in [2.45, 2.75) is 57.7 Å². The van der Waals surface area contributed by atoms with Gasteiger partial charge in [0.2, 0.25) is 5.91 Å². The van der Waals surface area contributed by atoms with Crippen molar-refractivity contribution < 1.29 is 19.1 Å². The molecule has 8 heteroatoms. The first-order valence-corrected chi connectivity index (χ1v) is 8.61. The third-order valence-corrected chi connectivity index (χ3v) is 4.65. The lowest BCUT2D eigenvalue weighted by Gasteiger charge is -2.30. The monoisotopic (exact) mass is 352 g/mol. The predicted octanol–water partition coefficient (Wildman–Crippen LogP) is 1.96. The second-order valence-corrected chi connectivity index (χ2v) is 6.62. The van der Waals surface area contributed by atoms with Crippen molar-refractivity contribution in [3.05, 3.63) is 17.7 Å². The van der Waals surface area contributed by atoms with E-state index in [-0.39, 0.29) is 11.9 Å². The van der Waals surface area contributed by atoms with Crippen molar-refractivity contribution in [3.8, 4) is 0 Å². The van der Waals surface area contributed by atoms with Crippen molar-refractivity contribution in [3.63, 3.8) is 0 Å². The van der Waals surface area contributed by atoms with Crippen LogP contribution < -0.4 is 5.32 Å². The van der Waals surface area contributed by atoms with Crippen molar-refractivity contribution in [1.29, 1.82) is 0 Å². The van der Waals surface area contributed by atoms with Gasteiger partial charge in [0.1, 0.15) is 11.9 Å². The average molecular weight is 352 g/mol. The highest BCUT2D eigenvalue weighted by Gasteiger charge is 2.38. The molecular formula is C17H28N4O4. The Hall–Kier alpha value is -2.09. The summed E-state index contributed by atoms with van der Waals surface area (Å²) < 4.78 is 9.91. The fourth-order valence-corrected chi connectivity index (χ4v) is 3.01. The van der Waals surface area contributed by atoms with Crippen LogP contribution in [0.25, 0.3) is 0 Å². The van der Waals surface area contributed by atoms with Gasteiger partial charge in [-0.3, -0.25) is 4.79 Å². The number of amides is 2. The minimum atomic E-state index is -0.808. The van der Waals surface area contributed by atoms with E-state index in [2.05, 4.69) is 33.9 Å². The SMILES string of the molecule is COC(=O)NC(C(=O)N1CCC[C@H]1c1ncc(C(C)C)[nH]1)[C@@H](C)OC. The minimum Gasteiger partial charge on any atom is -0.453 e. The highest BCUT2D eigenvalue weighted by molar-refractivity contribution is 5.86. The highest BCUT2D eigenvalue weighted by Crippen LogP contribution is 2.31. The number of carbonyl (C=O) groups is 2. The zero-order chi connectivity index (χ0) is 18.6. The molecule has 2 N–H and O–H groups in total. The van der Waals surface area contributed by atoms with Crippen LogP contribution >= 0.6 is 0 Å². The predicted molar refractivity (Wildman–Crippen MR) is 92.2 cm³/mol. The zero-order valence-corrected chi connectivity index (χ0v) is 15.5. The van der Waals surface area contributed by atoms with Gasteiger partial charge >= 0.3 is 6.09 Å². The molecule has 0 aliphatic carbocycles. The maximum Gasteiger partial charge on any atom is 0.407 e. The number of hydrogen-bond acceptors (Lipinski definition) is 5. The molecule has 1 unspecified atom stereocenters. The lowest BCUT2D eigenvalue weighted by molar-refractivity contribution is -0.137. The molecule has 3 atom stereocenters. The maximum absolute atomic E-state index is 13.1. The number of nitrogens with one attached hydrogen (secondary N) is 2. The summed E-state index contributed by atoms with van der Waals surface area (Å²) in [6.45, 7) is 6.54. The van der Waals surface area contributed by atoms with E-state index in [9.17, 15) is 9.59 Å². The number of alkyl carbamates (subject to hydrolysis) is 1. The molecular weight excluding hydrogens is 324 g/mol. The highest BCUT2D eigenvalue weighted by atomic mass is 16.5. The number of ether oxygens (including phenoxy) is 2. The Morgan fingerprint density at radius 3 is 2.64 bits per heavy atom. The zero-order valence-electron chi connectivity index (χ0n) is 15.5. The van der Waals surface area contributed by atoms with Crippen LogP contribution in [0.3, 0.4) is 0 Å². The summed E-state index contributed by atoms with van der Waals surface area (Å²) in [5.41, 5.74) is 1.05. The summed E-state index contributed by atoms with van der Waals surface area (Å²) >= 11 is 0. The molecule has 25 heavy (non-hydrogen) atoms. The van der Waals surface area contributed by atoms with E-state index in [0.717, 1.165) is 24.4 Å². The summed E-state index contributed by atoms with van der Waals surface area (Å²) in [4.78, 5) is 34.2. The second-order valence-electron chi connectivity index (χ2n) is 6.62. The van der Waals surface area contributed by atoms with Gasteiger partial charge in [-0.15, -0.1) is 0 Å². The average Bonchev–Trinajstić information content (AvgIpc) is 3.26. The number of carbonyl (C=O) groups excluding carboxylic acids is 2. The van der Waals surface area contributed by atoms with Crippen LogP contribution in [-0.4, -0.2) is 59.8 Å². The van der Waals surface area contributed by atoms with Crippen LogP contribution in [0, 0.1) is 0 Å². The molecule has 140 valence electrons. The molecule has 8 nitrogen and oxygen atoms in total. The Labute approximate surface area is 148 Å². The van der Waals surface area contributed by atoms with Gasteiger partial charge in [0, 0.05) is 25.5 Å². The van der Waals surface area contributed by atoms with Crippen molar-refractivity contribution >= 4 is 12.0 Å². The van der Waals surface area contributed by atoms with E-state index in [1.54, 1.807) is 11.8 Å². The fourth-order valence-electron chi connectivity index (χ4n) is 3.01. The molecule has 2 amide bonds. The van der Waals surface area contributed by atoms with Gasteiger partial charge < -0.3 is 24.7 Å². The minimum absolute atomic E-state index is 0.119. The molecule has 1 saturated heterocycles. The molecule has 0 spiro atoms. The lowest BCUT2D eigenvalue weighted by Crippen LogP contribution is -2.54. The quantitative estimate of drug-likeness (QED) is 0.816. The van der Waals surface area contributed by atoms with Crippen molar-refractivity contribution in [1.82, 2.24) is 20.2 Å². The lowest BCUT2D eigenvalue weighted by atomic mass is 10.1. The van der Waals surface area contributed by atoms with Gasteiger partial charge in [0.15, 0.2) is 0 Å². The Bertz CT molecular complexity index is 601. The molecule has 0 bridgehead atoms. The molecule has 0 saturated carbocycles. The number of H-pyrrole nitrogens is 1. The van der Waals surface area contributed by atoms with E-state index in [4.69, 9.17) is 4.74 Å². The summed E-state index contributed by atoms with van der Waals surface area (Å²) in [7, 11) is 2.77. The number of hydrogen-bond donors (Lipinski definition) is 2. The number of likely N-dealkylation sites (tertiary alicyclic amines) is 1. The van der Waals surface area contributed by atoms with Crippen LogP contribution in [0.5, 0.6) is 0 Å². The van der Waals surface area contributed by atoms with Crippen LogP contribution in [0.2, 0.25) is 0 Å². The Morgan fingerprint density at radius 2 is 2.08 bits per heavy atom. The largest absolute Gasteiger partial charge is 0.453 e. The smallest absolute Gasteiger partial charge is 0.407 e. The normalized spacial score (nSPS) is 19.8. The fraction of sp³-hybridized carbons (Fsp3) is 0.706. The van der Waals surface area contributed by atoms with Crippen LogP contribution in [-0.2, 0) is 14.3 Å². The molecule has 1 aromatic heterocycles. The number of imidazole rings is 1. The first-order chi connectivity index (χ1) is 11.9. The maximum atomic E-state index is 13.1. The molecule has 0 radical (unpaired) electrons. The summed E-state index contributed by atoms with van der Waals surface area (Å²) in [5.74, 6) is 0.940. The van der Waals surface area contributed by atoms with Crippen LogP contribution in [0.1, 0.15) is 57.1 Å². The number of nitrogens with zero attached hydrogens (tertiary/aromatic N) is 2. The topological polar surface area (TPSA) is 96.5 Å². The molecule has 1 aliphatic rings. The van der Waals surface area contributed by atoms with Gasteiger partial charge in [-0.2, -0.15) is 0 Å². The van der Waals surface area contributed by atoms with Gasteiger partial charge in [0.05, 0.1) is 19.3 Å². The van der Waals surface area contributed by atoms with Gasteiger partial charge in [-0.05, 0) is 25.7 Å². The van der Waals surface area contributed by atoms with Crippen molar-refractivity contribution in [2.24, 2.45) is 0 Å². The Morgan fingerprint density at radius 1 is 1.36 bits per heavy atom. The first-order valence-electron chi connectivity index (χ1n) is 8.61. The van der Waals surface area contributed by atoms with Gasteiger partial charge in [0.25, 0.3) is 0 Å². The Balaban J connectivity index is 2.20. The molecule has 2 heterocycles. The number of methoxy groups -OCH3 is 2. The summed E-state index contributed by atoms with van der Waals surface area (Å²) in [6.07, 6.45) is 2.42. The molecule has 0 aromatic carbocycles. The number of aromatic nitrogens is 2. The van der Waals surface area contributed by atoms with E-state index in [1.807, 2.05) is 6.20 Å². The standard InChI is InChI=1S/C17H28N4O4/c1-10(2)12-9-18-15(19-12)13-7-6-8-21(13)16(22)14(11(3)24-4)20-17(23)25-5/h9-11,13-14H,6-8H2,1-5H3,(H,18,19)(H,20,23)/t11-,13+,14?/m1/s1. The van der Waals surface area contributed by atoms with Crippen LogP contribution in [0.4, 0.5) is 4.79 Å². The van der Waals surface area contributed by atoms with E-state index in [1.165, 1.54) is 14.2 Å². The number of rotatable bonds is 6. The number of aromatic amines is 1. The Kier molecular flexibility index (Phi) is 6.41. The third-order valence-electron chi connectivity index (χ3n) is 4.65. The van der Waals surface area contributed by atoms with E-state index in [0.29, 0.717) is 12.5 Å². The van der Waals surface area contributed by atoms with Gasteiger partial charge in [-0.25, -0.2) is 9.78 Å².